The number of rotatable bonds is 7. The van der Waals surface area contributed by atoms with E-state index in [4.69, 9.17) is 23.7 Å². The molecule has 2 aliphatic rings. The van der Waals surface area contributed by atoms with Gasteiger partial charge in [0, 0.05) is 28.2 Å². The second-order valence-corrected chi connectivity index (χ2v) is 11.4. The van der Waals surface area contributed by atoms with Crippen molar-refractivity contribution in [3.05, 3.63) is 106 Å². The number of esters is 1. The van der Waals surface area contributed by atoms with E-state index in [2.05, 4.69) is 15.9 Å². The number of methoxy groups -OCH3 is 1. The van der Waals surface area contributed by atoms with E-state index in [-0.39, 0.29) is 40.9 Å². The number of fused-ring (bicyclic) bond motifs is 2. The Morgan fingerprint density at radius 2 is 1.57 bits per heavy atom. The van der Waals surface area contributed by atoms with Gasteiger partial charge < -0.3 is 44.1 Å². The second-order valence-electron chi connectivity index (χ2n) is 10.5. The molecule has 236 valence electrons. The summed E-state index contributed by atoms with van der Waals surface area (Å²) in [7, 11) is 1.41. The van der Waals surface area contributed by atoms with Crippen LogP contribution < -0.4 is 18.9 Å². The van der Waals surface area contributed by atoms with Crippen LogP contribution in [0.4, 0.5) is 0 Å². The topological polar surface area (TPSA) is 161 Å². The van der Waals surface area contributed by atoms with Gasteiger partial charge in [-0.05, 0) is 53.6 Å². The van der Waals surface area contributed by atoms with Gasteiger partial charge in [0.15, 0.2) is 47.4 Å². The Hall–Kier alpha value is -5.20. The normalized spacial score (nSPS) is 20.1. The molecule has 4 atom stereocenters. The minimum Gasteiger partial charge on any atom is -0.508 e. The molecule has 12 heteroatoms. The first-order valence-electron chi connectivity index (χ1n) is 14.0. The molecule has 2 aliphatic heterocycles. The van der Waals surface area contributed by atoms with Gasteiger partial charge in [0.2, 0.25) is 5.78 Å². The number of phenols is 3. The number of ketones is 1. The van der Waals surface area contributed by atoms with Crippen molar-refractivity contribution >= 4 is 33.8 Å². The lowest BCUT2D eigenvalue weighted by atomic mass is 9.92. The van der Waals surface area contributed by atoms with Gasteiger partial charge in [-0.2, -0.15) is 0 Å². The summed E-state index contributed by atoms with van der Waals surface area (Å²) in [6, 6.07) is 18.9. The molecular formula is C34H27BrO11. The molecule has 0 aliphatic carbocycles. The van der Waals surface area contributed by atoms with Crippen LogP contribution in [0, 0.1) is 0 Å². The maximum Gasteiger partial charge on any atom is 0.330 e. The summed E-state index contributed by atoms with van der Waals surface area (Å²) in [6.07, 6.45) is -1.61. The monoisotopic (exact) mass is 690 g/mol. The summed E-state index contributed by atoms with van der Waals surface area (Å²) >= 11 is 3.37. The Bertz CT molecular complexity index is 1840. The molecule has 0 fully saturated rings. The number of carbonyl (C=O) groups excluding carboxylic acids is 2. The molecule has 4 aromatic carbocycles. The Morgan fingerprint density at radius 3 is 2.33 bits per heavy atom. The Balaban J connectivity index is 1.27. The molecule has 4 aromatic rings. The fourth-order valence-corrected chi connectivity index (χ4v) is 5.48. The zero-order valence-corrected chi connectivity index (χ0v) is 25.7. The summed E-state index contributed by atoms with van der Waals surface area (Å²) in [5.74, 6) is -1.65. The molecule has 0 saturated carbocycles. The van der Waals surface area contributed by atoms with Crippen molar-refractivity contribution in [1.29, 1.82) is 0 Å². The minimum absolute atomic E-state index is 0.0854. The summed E-state index contributed by atoms with van der Waals surface area (Å²) in [5, 5.41) is 41.1. The fraction of sp³-hybridized carbons (Fsp3) is 0.176. The molecule has 2 unspecified atom stereocenters. The SMILES string of the molecule is COc1cc(C2Oc3cc([C@H]4Oc5cc(O)cc(O)c5C(=O)[C@@H]4O)ccc3OC2COC(=O)/C=C/c2ccc(Br)cc2)ccc1O. The van der Waals surface area contributed by atoms with Gasteiger partial charge in [-0.3, -0.25) is 4.79 Å². The first kappa shape index (κ1) is 30.8. The Labute approximate surface area is 270 Å². The van der Waals surface area contributed by atoms with Crippen molar-refractivity contribution in [2.75, 3.05) is 13.7 Å². The van der Waals surface area contributed by atoms with Crippen molar-refractivity contribution in [3.8, 4) is 40.2 Å². The molecule has 6 rings (SSSR count). The third-order valence-corrected chi connectivity index (χ3v) is 8.02. The largest absolute Gasteiger partial charge is 0.508 e. The average Bonchev–Trinajstić information content (AvgIpc) is 3.04. The van der Waals surface area contributed by atoms with Crippen LogP contribution >= 0.6 is 15.9 Å². The van der Waals surface area contributed by atoms with Crippen LogP contribution in [0.2, 0.25) is 0 Å². The highest BCUT2D eigenvalue weighted by atomic mass is 79.9. The highest BCUT2D eigenvalue weighted by Gasteiger charge is 2.41. The van der Waals surface area contributed by atoms with E-state index >= 15 is 0 Å². The maximum atomic E-state index is 12.9. The smallest absolute Gasteiger partial charge is 0.330 e. The van der Waals surface area contributed by atoms with Crippen LogP contribution in [0.5, 0.6) is 40.2 Å². The van der Waals surface area contributed by atoms with E-state index < -0.39 is 41.9 Å². The zero-order chi connectivity index (χ0) is 32.5. The van der Waals surface area contributed by atoms with Gasteiger partial charge in [-0.15, -0.1) is 0 Å². The van der Waals surface area contributed by atoms with Crippen molar-refractivity contribution in [2.45, 2.75) is 24.4 Å². The lowest BCUT2D eigenvalue weighted by molar-refractivity contribution is -0.142. The third-order valence-electron chi connectivity index (χ3n) is 7.49. The first-order valence-corrected chi connectivity index (χ1v) is 14.8. The molecule has 4 N–H and O–H groups in total. The van der Waals surface area contributed by atoms with Crippen molar-refractivity contribution in [2.24, 2.45) is 0 Å². The number of benzene rings is 4. The van der Waals surface area contributed by atoms with Gasteiger partial charge in [-0.25, -0.2) is 4.79 Å². The molecule has 0 bridgehead atoms. The maximum absolute atomic E-state index is 12.9. The molecule has 0 aromatic heterocycles. The number of halogens is 1. The lowest BCUT2D eigenvalue weighted by Crippen LogP contribution is -2.38. The Kier molecular flexibility index (Phi) is 8.48. The average molecular weight is 691 g/mol. The molecule has 0 amide bonds. The summed E-state index contributed by atoms with van der Waals surface area (Å²) in [5.41, 5.74) is 1.47. The third kappa shape index (κ3) is 6.17. The Morgan fingerprint density at radius 1 is 0.848 bits per heavy atom. The molecule has 11 nitrogen and oxygen atoms in total. The molecule has 0 radical (unpaired) electrons. The van der Waals surface area contributed by atoms with E-state index in [0.29, 0.717) is 16.9 Å². The van der Waals surface area contributed by atoms with Gasteiger partial charge in [0.1, 0.15) is 29.4 Å². The van der Waals surface area contributed by atoms with Crippen LogP contribution in [-0.2, 0) is 9.53 Å². The number of carbonyl (C=O) groups is 2. The number of hydrogen-bond donors (Lipinski definition) is 4. The van der Waals surface area contributed by atoms with Crippen LogP contribution in [-0.4, -0.2) is 58.1 Å². The van der Waals surface area contributed by atoms with Crippen molar-refractivity contribution in [3.63, 3.8) is 0 Å². The van der Waals surface area contributed by atoms with Crippen LogP contribution in [0.15, 0.2) is 83.3 Å². The minimum atomic E-state index is -1.67. The number of hydrogen-bond acceptors (Lipinski definition) is 11. The van der Waals surface area contributed by atoms with E-state index in [1.165, 1.54) is 31.4 Å². The van der Waals surface area contributed by atoms with Crippen LogP contribution in [0.3, 0.4) is 0 Å². The number of aromatic hydroxyl groups is 3. The number of aliphatic hydroxyl groups excluding tert-OH is 1. The summed E-state index contributed by atoms with van der Waals surface area (Å²) in [4.78, 5) is 25.6. The van der Waals surface area contributed by atoms with Gasteiger partial charge in [0.25, 0.3) is 0 Å². The van der Waals surface area contributed by atoms with Crippen molar-refractivity contribution < 1.29 is 53.7 Å². The van der Waals surface area contributed by atoms with E-state index in [0.717, 1.165) is 16.1 Å². The molecular weight excluding hydrogens is 664 g/mol. The highest BCUT2D eigenvalue weighted by molar-refractivity contribution is 9.10. The lowest BCUT2D eigenvalue weighted by Gasteiger charge is -2.35. The molecule has 0 saturated heterocycles. The summed E-state index contributed by atoms with van der Waals surface area (Å²) in [6.45, 7) is -0.193. The number of phenolic OH excluding ortho intramolecular Hbond substituents is 3. The highest BCUT2D eigenvalue weighted by Crippen LogP contribution is 2.46. The fourth-order valence-electron chi connectivity index (χ4n) is 5.22. The standard InChI is InChI=1S/C34H27BrO11/c1-42-25-12-18(5-9-22(25)37)33-28(16-43-29(39)11-4-17-2-7-20(35)8-3-17)44-24-10-6-19(13-26(24)45-33)34-32(41)31(40)30-23(38)14-21(36)15-27(30)46-34/h2-15,28,32-34,36-38,41H,16H2,1H3/b11-4+/t28?,32-,33?,34+/m0/s1. The number of aliphatic hydroxyl groups is 1. The van der Waals surface area contributed by atoms with Crippen LogP contribution in [0.25, 0.3) is 6.08 Å². The second kappa shape index (κ2) is 12.7. The van der Waals surface area contributed by atoms with Crippen LogP contribution in [0.1, 0.15) is 39.3 Å². The number of ether oxygens (including phenoxy) is 5. The van der Waals surface area contributed by atoms with Gasteiger partial charge in [0.05, 0.1) is 7.11 Å². The van der Waals surface area contributed by atoms with Crippen molar-refractivity contribution in [1.82, 2.24) is 0 Å². The molecule has 0 spiro atoms. The number of Topliss-reactive ketones (excluding diaryl/α,β-unsaturated/α-hetero) is 1. The molecule has 46 heavy (non-hydrogen) atoms. The van der Waals surface area contributed by atoms with Gasteiger partial charge >= 0.3 is 5.97 Å². The predicted octanol–water partition coefficient (Wildman–Crippen LogP) is 5.39. The van der Waals surface area contributed by atoms with E-state index in [1.54, 1.807) is 30.3 Å². The van der Waals surface area contributed by atoms with E-state index in [1.807, 2.05) is 24.3 Å². The quantitative estimate of drug-likeness (QED) is 0.145. The zero-order valence-electron chi connectivity index (χ0n) is 24.1. The first-order chi connectivity index (χ1) is 22.1. The van der Waals surface area contributed by atoms with Gasteiger partial charge in [-0.1, -0.05) is 40.2 Å². The van der Waals surface area contributed by atoms with E-state index in [9.17, 15) is 30.0 Å². The predicted molar refractivity (Wildman–Crippen MR) is 166 cm³/mol. The summed E-state index contributed by atoms with van der Waals surface area (Å²) < 4.78 is 30.2. The molecule has 2 heterocycles.